The van der Waals surface area contributed by atoms with Crippen LogP contribution in [0.2, 0.25) is 0 Å². The molecular weight excluding hydrogens is 217 g/mol. The lowest BCUT2D eigenvalue weighted by atomic mass is 10.0. The van der Waals surface area contributed by atoms with E-state index in [9.17, 15) is 14.6 Å². The van der Waals surface area contributed by atoms with E-state index in [2.05, 4.69) is 4.98 Å². The first kappa shape index (κ1) is 11.4. The number of aliphatic hydroxyl groups is 3. The minimum Gasteiger partial charge on any atom is -0.394 e. The van der Waals surface area contributed by atoms with Crippen LogP contribution in [0.3, 0.4) is 0 Å². The third-order valence-corrected chi connectivity index (χ3v) is 2.64. The molecule has 0 aromatic carbocycles. The molecule has 5 nitrogen and oxygen atoms in total. The fourth-order valence-corrected chi connectivity index (χ4v) is 1.77. The SMILES string of the molecule is OC[C@H]1O[C@@H](c2cccnc2F)[C@H](O)[C@@H]1O. The van der Waals surface area contributed by atoms with Crippen LogP contribution in [0.25, 0.3) is 0 Å². The zero-order valence-corrected chi connectivity index (χ0v) is 8.32. The molecule has 0 aliphatic carbocycles. The largest absolute Gasteiger partial charge is 0.394 e. The summed E-state index contributed by atoms with van der Waals surface area (Å²) >= 11 is 0. The Labute approximate surface area is 91.1 Å². The summed E-state index contributed by atoms with van der Waals surface area (Å²) in [5.74, 6) is -0.752. The monoisotopic (exact) mass is 229 g/mol. The summed E-state index contributed by atoms with van der Waals surface area (Å²) in [6.45, 7) is -0.434. The molecular formula is C10H12FNO4. The molecule has 2 heterocycles. The number of aromatic nitrogens is 1. The lowest BCUT2D eigenvalue weighted by Gasteiger charge is -2.14. The van der Waals surface area contributed by atoms with Gasteiger partial charge >= 0.3 is 0 Å². The lowest BCUT2D eigenvalue weighted by molar-refractivity contribution is -0.0238. The van der Waals surface area contributed by atoms with E-state index >= 15 is 0 Å². The Morgan fingerprint density at radius 1 is 1.38 bits per heavy atom. The fraction of sp³-hybridized carbons (Fsp3) is 0.500. The predicted molar refractivity (Wildman–Crippen MR) is 50.9 cm³/mol. The van der Waals surface area contributed by atoms with Crippen LogP contribution in [-0.4, -0.2) is 45.2 Å². The van der Waals surface area contributed by atoms with Gasteiger partial charge in [0.05, 0.1) is 6.61 Å². The maximum absolute atomic E-state index is 13.3. The zero-order valence-electron chi connectivity index (χ0n) is 8.32. The number of aliphatic hydroxyl groups excluding tert-OH is 3. The van der Waals surface area contributed by atoms with E-state index < -0.39 is 37.0 Å². The molecule has 1 aliphatic rings. The van der Waals surface area contributed by atoms with Crippen molar-refractivity contribution < 1.29 is 24.4 Å². The molecule has 16 heavy (non-hydrogen) atoms. The average molecular weight is 229 g/mol. The Bertz CT molecular complexity index is 376. The van der Waals surface area contributed by atoms with Crippen LogP contribution >= 0.6 is 0 Å². The lowest BCUT2D eigenvalue weighted by Crippen LogP contribution is -2.32. The van der Waals surface area contributed by atoms with Gasteiger partial charge in [-0.15, -0.1) is 0 Å². The minimum atomic E-state index is -1.27. The Kier molecular flexibility index (Phi) is 3.15. The summed E-state index contributed by atoms with van der Waals surface area (Å²) in [6.07, 6.45) is -3.12. The van der Waals surface area contributed by atoms with Crippen molar-refractivity contribution in [3.05, 3.63) is 29.8 Å². The van der Waals surface area contributed by atoms with Crippen LogP contribution < -0.4 is 0 Å². The van der Waals surface area contributed by atoms with Crippen molar-refractivity contribution in [3.63, 3.8) is 0 Å². The molecule has 1 aliphatic heterocycles. The molecule has 1 aromatic rings. The summed E-state index contributed by atoms with van der Waals surface area (Å²) in [5.41, 5.74) is 0.0741. The van der Waals surface area contributed by atoms with Crippen molar-refractivity contribution in [2.45, 2.75) is 24.4 Å². The highest BCUT2D eigenvalue weighted by Gasteiger charge is 2.44. The number of nitrogens with zero attached hydrogens (tertiary/aromatic N) is 1. The number of rotatable bonds is 2. The van der Waals surface area contributed by atoms with Gasteiger partial charge < -0.3 is 20.1 Å². The zero-order chi connectivity index (χ0) is 11.7. The molecule has 0 amide bonds. The quantitative estimate of drug-likeness (QED) is 0.588. The van der Waals surface area contributed by atoms with Gasteiger partial charge in [0.2, 0.25) is 5.95 Å². The first-order valence-electron chi connectivity index (χ1n) is 4.88. The van der Waals surface area contributed by atoms with Gasteiger partial charge in [0.1, 0.15) is 24.4 Å². The van der Waals surface area contributed by atoms with Gasteiger partial charge in [0, 0.05) is 11.8 Å². The van der Waals surface area contributed by atoms with Crippen LogP contribution in [0.5, 0.6) is 0 Å². The third kappa shape index (κ3) is 1.80. The number of hydrogen-bond donors (Lipinski definition) is 3. The topological polar surface area (TPSA) is 82.8 Å². The van der Waals surface area contributed by atoms with Crippen LogP contribution in [-0.2, 0) is 4.74 Å². The van der Waals surface area contributed by atoms with Gasteiger partial charge in [-0.3, -0.25) is 0 Å². The second-order valence-corrected chi connectivity index (χ2v) is 3.64. The van der Waals surface area contributed by atoms with Crippen molar-refractivity contribution in [1.29, 1.82) is 0 Å². The predicted octanol–water partition coefficient (Wildman–Crippen LogP) is -0.625. The maximum atomic E-state index is 13.3. The Balaban J connectivity index is 2.26. The van der Waals surface area contributed by atoms with Crippen LogP contribution in [0.4, 0.5) is 4.39 Å². The van der Waals surface area contributed by atoms with Crippen LogP contribution in [0.15, 0.2) is 18.3 Å². The van der Waals surface area contributed by atoms with Gasteiger partial charge in [-0.05, 0) is 6.07 Å². The van der Waals surface area contributed by atoms with E-state index in [1.807, 2.05) is 0 Å². The number of pyridine rings is 1. The molecule has 88 valence electrons. The second-order valence-electron chi connectivity index (χ2n) is 3.64. The molecule has 4 atom stereocenters. The molecule has 3 N–H and O–H groups in total. The van der Waals surface area contributed by atoms with E-state index in [-0.39, 0.29) is 5.56 Å². The first-order chi connectivity index (χ1) is 7.65. The van der Waals surface area contributed by atoms with Crippen molar-refractivity contribution in [3.8, 4) is 0 Å². The molecule has 0 bridgehead atoms. The summed E-state index contributed by atoms with van der Waals surface area (Å²) in [4.78, 5) is 3.43. The second kappa shape index (κ2) is 4.42. The summed E-state index contributed by atoms with van der Waals surface area (Å²) < 4.78 is 18.5. The van der Waals surface area contributed by atoms with E-state index in [1.54, 1.807) is 0 Å². The van der Waals surface area contributed by atoms with Gasteiger partial charge in [-0.1, -0.05) is 6.07 Å². The van der Waals surface area contributed by atoms with Crippen molar-refractivity contribution in [2.75, 3.05) is 6.61 Å². The van der Waals surface area contributed by atoms with Crippen molar-refractivity contribution >= 4 is 0 Å². The normalized spacial score (nSPS) is 34.2. The van der Waals surface area contributed by atoms with E-state index in [0.717, 1.165) is 0 Å². The van der Waals surface area contributed by atoms with Crippen molar-refractivity contribution in [1.82, 2.24) is 4.98 Å². The molecule has 1 fully saturated rings. The highest BCUT2D eigenvalue weighted by molar-refractivity contribution is 5.18. The Morgan fingerprint density at radius 3 is 2.69 bits per heavy atom. The highest BCUT2D eigenvalue weighted by Crippen LogP contribution is 2.33. The maximum Gasteiger partial charge on any atom is 0.218 e. The van der Waals surface area contributed by atoms with E-state index in [0.29, 0.717) is 0 Å². The molecule has 1 aromatic heterocycles. The highest BCUT2D eigenvalue weighted by atomic mass is 19.1. The fourth-order valence-electron chi connectivity index (χ4n) is 1.77. The van der Waals surface area contributed by atoms with Gasteiger partial charge in [0.15, 0.2) is 0 Å². The Morgan fingerprint density at radius 2 is 2.12 bits per heavy atom. The van der Waals surface area contributed by atoms with Gasteiger partial charge in [-0.25, -0.2) is 4.98 Å². The minimum absolute atomic E-state index is 0.0741. The number of hydrogen-bond acceptors (Lipinski definition) is 5. The molecule has 1 saturated heterocycles. The van der Waals surface area contributed by atoms with Gasteiger partial charge in [0.25, 0.3) is 0 Å². The molecule has 0 unspecified atom stereocenters. The van der Waals surface area contributed by atoms with E-state index in [1.165, 1.54) is 18.3 Å². The Hall–Kier alpha value is -1.08. The number of ether oxygens (including phenoxy) is 1. The van der Waals surface area contributed by atoms with E-state index in [4.69, 9.17) is 9.84 Å². The smallest absolute Gasteiger partial charge is 0.218 e. The molecule has 0 saturated carbocycles. The summed E-state index contributed by atoms with van der Waals surface area (Å²) in [6, 6.07) is 2.93. The average Bonchev–Trinajstić information content (AvgIpc) is 2.57. The molecule has 6 heteroatoms. The van der Waals surface area contributed by atoms with Crippen molar-refractivity contribution in [2.24, 2.45) is 0 Å². The first-order valence-corrected chi connectivity index (χ1v) is 4.88. The van der Waals surface area contributed by atoms with Crippen LogP contribution in [0, 0.1) is 5.95 Å². The summed E-state index contributed by atoms with van der Waals surface area (Å²) in [5, 5.41) is 28.0. The summed E-state index contributed by atoms with van der Waals surface area (Å²) in [7, 11) is 0. The third-order valence-electron chi connectivity index (χ3n) is 2.64. The number of halogens is 1. The molecule has 0 radical (unpaired) electrons. The van der Waals surface area contributed by atoms with Gasteiger partial charge in [-0.2, -0.15) is 4.39 Å². The van der Waals surface area contributed by atoms with Crippen LogP contribution in [0.1, 0.15) is 11.7 Å². The standard InChI is InChI=1S/C10H12FNO4/c11-10-5(2-1-3-12-10)9-8(15)7(14)6(4-13)16-9/h1-3,6-9,13-15H,4H2/t6-,7-,8-,9+/m1/s1. The molecule has 0 spiro atoms. The molecule has 2 rings (SSSR count).